The second-order valence-corrected chi connectivity index (χ2v) is 38.8. The molecule has 0 aliphatic carbocycles. The maximum absolute atomic E-state index is 6.45. The minimum atomic E-state index is 0.868. The van der Waals surface area contributed by atoms with Crippen LogP contribution in [0, 0.1) is 0 Å². The van der Waals surface area contributed by atoms with Crippen LogP contribution in [0.4, 0.5) is 51.2 Å². The van der Waals surface area contributed by atoms with E-state index in [0.29, 0.717) is 0 Å². The molecule has 6 aromatic heterocycles. The van der Waals surface area contributed by atoms with Gasteiger partial charge in [0.05, 0.1) is 56.0 Å². The Hall–Kier alpha value is -17.7. The van der Waals surface area contributed by atoms with E-state index < -0.39 is 0 Å². The lowest BCUT2D eigenvalue weighted by Gasteiger charge is -2.30. The third-order valence-electron chi connectivity index (χ3n) is 27.3. The number of fused-ring (bicyclic) bond motifs is 18. The van der Waals surface area contributed by atoms with Gasteiger partial charge in [-0.05, 0) is 195 Å². The third kappa shape index (κ3) is 15.4. The fourth-order valence-corrected chi connectivity index (χ4v) is 24.2. The molecule has 0 amide bonds. The summed E-state index contributed by atoms with van der Waals surface area (Å²) in [5, 5.41) is 14.5. The molecule has 0 fully saturated rings. The third-order valence-corrected chi connectivity index (χ3v) is 30.7. The first-order chi connectivity index (χ1) is 69.9. The first kappa shape index (κ1) is 83.9. The molecule has 28 aromatic rings. The van der Waals surface area contributed by atoms with Crippen molar-refractivity contribution in [3.63, 3.8) is 0 Å². The highest BCUT2D eigenvalue weighted by atomic mass is 32.1. The summed E-state index contributed by atoms with van der Waals surface area (Å²) in [7, 11) is 0. The van der Waals surface area contributed by atoms with E-state index in [2.05, 4.69) is 500 Å². The maximum Gasteiger partial charge on any atom is 0.137 e. The van der Waals surface area contributed by atoms with Crippen LogP contribution in [0.25, 0.3) is 204 Å². The van der Waals surface area contributed by atoms with Crippen LogP contribution in [0.2, 0.25) is 0 Å². The van der Waals surface area contributed by atoms with Crippen molar-refractivity contribution in [2.24, 2.45) is 0 Å². The van der Waals surface area contributed by atoms with E-state index in [-0.39, 0.29) is 0 Å². The lowest BCUT2D eigenvalue weighted by molar-refractivity contribution is 0.668. The molecule has 664 valence electrons. The first-order valence-electron chi connectivity index (χ1n) is 47.6. The van der Waals surface area contributed by atoms with Crippen molar-refractivity contribution < 1.29 is 13.3 Å². The quantitative estimate of drug-likeness (QED) is 0.0961. The number of anilines is 9. The Balaban J connectivity index is 0.000000109. The van der Waals surface area contributed by atoms with Crippen molar-refractivity contribution in [1.82, 2.24) is 0 Å². The molecule has 0 radical (unpaired) electrons. The average Bonchev–Trinajstić information content (AvgIpc) is 1.13. The molecule has 0 aliphatic heterocycles. The van der Waals surface area contributed by atoms with E-state index in [4.69, 9.17) is 13.3 Å². The number of para-hydroxylation sites is 7. The summed E-state index contributed by atoms with van der Waals surface area (Å²) in [6, 6.07) is 184. The lowest BCUT2D eigenvalue weighted by atomic mass is 9.96. The highest BCUT2D eigenvalue weighted by Crippen LogP contribution is 2.54. The van der Waals surface area contributed by atoms with Crippen LogP contribution in [-0.4, -0.2) is 0 Å². The number of thiophene rings is 3. The summed E-state index contributed by atoms with van der Waals surface area (Å²) < 4.78 is 27.0. The van der Waals surface area contributed by atoms with E-state index >= 15 is 0 Å². The Morgan fingerprint density at radius 3 is 0.773 bits per heavy atom. The number of furan rings is 3. The Labute approximate surface area is 826 Å². The van der Waals surface area contributed by atoms with Gasteiger partial charge in [-0.25, -0.2) is 0 Å². The molecule has 0 atom stereocenters. The van der Waals surface area contributed by atoms with Crippen LogP contribution in [0.5, 0.6) is 0 Å². The predicted octanol–water partition coefficient (Wildman–Crippen LogP) is 39.9. The summed E-state index contributed by atoms with van der Waals surface area (Å²) in [5.74, 6) is 0. The van der Waals surface area contributed by atoms with Gasteiger partial charge in [0.15, 0.2) is 0 Å². The van der Waals surface area contributed by atoms with Crippen molar-refractivity contribution >= 4 is 212 Å². The highest BCUT2D eigenvalue weighted by Gasteiger charge is 2.29. The number of benzene rings is 22. The largest absolute Gasteiger partial charge is 0.456 e. The van der Waals surface area contributed by atoms with Crippen molar-refractivity contribution in [2.45, 2.75) is 0 Å². The molecule has 6 heterocycles. The zero-order valence-electron chi connectivity index (χ0n) is 76.4. The van der Waals surface area contributed by atoms with Gasteiger partial charge in [0.1, 0.15) is 33.5 Å². The molecule has 6 nitrogen and oxygen atoms in total. The van der Waals surface area contributed by atoms with E-state index in [1.54, 1.807) is 0 Å². The van der Waals surface area contributed by atoms with Gasteiger partial charge < -0.3 is 28.0 Å². The van der Waals surface area contributed by atoms with Crippen LogP contribution in [0.1, 0.15) is 0 Å². The van der Waals surface area contributed by atoms with E-state index in [1.165, 1.54) is 122 Å². The molecule has 141 heavy (non-hydrogen) atoms. The monoisotopic (exact) mass is 1860 g/mol. The SMILES string of the molecule is c1ccc(-c2ccc(-c3ccccc3N(c3ccccc3-c3ccc4c(c3)sc3ccccc34)c3cccc4oc5ccccc5c34)cc2)cc1.c1ccc(-c2ccc(N(c3ccccc3-c3ccc4c(c3)sc3ccccc34)c3cccc4oc5ccccc5c34)cc2)cc1.c1ccc(-c2cccc(N(c3ccccc3-c3ccc4c(c3)sc3ccccc34)c3cccc4oc5ccccc5c34)c2)cc1. The van der Waals surface area contributed by atoms with Crippen molar-refractivity contribution in [1.29, 1.82) is 0 Å². The van der Waals surface area contributed by atoms with Crippen LogP contribution >= 0.6 is 34.0 Å². The molecular weight excluding hydrogens is 1770 g/mol. The van der Waals surface area contributed by atoms with Crippen LogP contribution in [0.15, 0.2) is 529 Å². The molecule has 0 saturated heterocycles. The molecule has 0 unspecified atom stereocenters. The number of rotatable bonds is 16. The molecule has 0 N–H and O–H groups in total. The lowest BCUT2D eigenvalue weighted by Crippen LogP contribution is -2.12. The van der Waals surface area contributed by atoms with Crippen LogP contribution in [-0.2, 0) is 0 Å². The normalized spacial score (nSPS) is 11.5. The smallest absolute Gasteiger partial charge is 0.137 e. The topological polar surface area (TPSA) is 49.1 Å². The van der Waals surface area contributed by atoms with Crippen molar-refractivity contribution in [3.05, 3.63) is 516 Å². The number of hydrogen-bond donors (Lipinski definition) is 0. The molecule has 9 heteroatoms. The van der Waals surface area contributed by atoms with Gasteiger partial charge in [0, 0.05) is 110 Å². The highest BCUT2D eigenvalue weighted by molar-refractivity contribution is 7.26. The Morgan fingerprint density at radius 1 is 0.135 bits per heavy atom. The van der Waals surface area contributed by atoms with Crippen LogP contribution < -0.4 is 14.7 Å². The first-order valence-corrected chi connectivity index (χ1v) is 50.1. The summed E-state index contributed by atoms with van der Waals surface area (Å²) in [6.45, 7) is 0. The Kier molecular flexibility index (Phi) is 21.5. The standard InChI is InChI=1S/C48H31NOS.2C42H27NOS/c1-2-13-32(14-3-1)33-25-27-34(28-26-33)36-15-4-8-19-41(36)49(43-21-12-23-45-48(43)40-18-6-10-22-44(40)50-45)42-20-9-5-16-37(42)35-29-30-39-38-17-7-11-24-46(38)51-47(39)31-35;1-2-12-28(13-3-1)29-14-10-15-31(26-29)43(37-20-11-22-39-42(37)35-18-5-8-21-38(35)44-39)36-19-7-4-16-32(36)30-24-25-34-33-17-6-9-23-40(33)45-41(34)27-30;1-2-11-28(12-3-1)29-21-24-31(25-22-29)43(37-17-10-19-39-42(37)35-15-5-8-18-38(35)44-39)36-16-7-4-13-32(36)30-23-26-34-33-14-6-9-20-40(33)45-41(34)27-30/h1-31H;2*1-27H. The van der Waals surface area contributed by atoms with E-state index in [0.717, 1.165) is 134 Å². The average molecular weight is 1860 g/mol. The zero-order chi connectivity index (χ0) is 93.2. The molecule has 0 saturated carbocycles. The van der Waals surface area contributed by atoms with Gasteiger partial charge >= 0.3 is 0 Å². The molecule has 22 aromatic carbocycles. The van der Waals surface area contributed by atoms with Gasteiger partial charge in [-0.3, -0.25) is 0 Å². The Bertz CT molecular complexity index is 9610. The summed E-state index contributed by atoms with van der Waals surface area (Å²) in [5.41, 5.74) is 31.7. The fraction of sp³-hybridized carbons (Fsp3) is 0. The van der Waals surface area contributed by atoms with Crippen molar-refractivity contribution in [2.75, 3.05) is 14.7 Å². The maximum atomic E-state index is 6.45. The number of hydrogen-bond acceptors (Lipinski definition) is 9. The number of nitrogens with zero attached hydrogens (tertiary/aromatic N) is 3. The molecular formula is C132H85N3O3S3. The van der Waals surface area contributed by atoms with Crippen LogP contribution in [0.3, 0.4) is 0 Å². The predicted molar refractivity (Wildman–Crippen MR) is 602 cm³/mol. The fourth-order valence-electron chi connectivity index (χ4n) is 20.7. The minimum absolute atomic E-state index is 0.868. The van der Waals surface area contributed by atoms with Gasteiger partial charge in [0.25, 0.3) is 0 Å². The van der Waals surface area contributed by atoms with Gasteiger partial charge in [-0.2, -0.15) is 0 Å². The summed E-state index contributed by atoms with van der Waals surface area (Å²) >= 11 is 5.57. The Morgan fingerprint density at radius 2 is 0.383 bits per heavy atom. The van der Waals surface area contributed by atoms with Gasteiger partial charge in [-0.15, -0.1) is 34.0 Å². The van der Waals surface area contributed by atoms with Crippen molar-refractivity contribution in [3.8, 4) is 77.9 Å². The minimum Gasteiger partial charge on any atom is -0.456 e. The molecule has 0 bridgehead atoms. The second-order valence-electron chi connectivity index (χ2n) is 35.5. The zero-order valence-corrected chi connectivity index (χ0v) is 78.8. The molecule has 28 rings (SSSR count). The molecule has 0 aliphatic rings. The van der Waals surface area contributed by atoms with Gasteiger partial charge in [-0.1, -0.05) is 376 Å². The summed E-state index contributed by atoms with van der Waals surface area (Å²) in [4.78, 5) is 7.24. The molecule has 0 spiro atoms. The van der Waals surface area contributed by atoms with Gasteiger partial charge in [0.2, 0.25) is 0 Å². The van der Waals surface area contributed by atoms with E-state index in [1.807, 2.05) is 64.3 Å². The summed E-state index contributed by atoms with van der Waals surface area (Å²) in [6.07, 6.45) is 0. The second kappa shape index (κ2) is 36.1. The van der Waals surface area contributed by atoms with E-state index in [9.17, 15) is 0 Å².